The van der Waals surface area contributed by atoms with E-state index in [1.165, 1.54) is 23.5 Å². The zero-order valence-corrected chi connectivity index (χ0v) is 12.1. The first-order valence-electron chi connectivity index (χ1n) is 6.01. The zero-order valence-electron chi connectivity index (χ0n) is 10.6. The van der Waals surface area contributed by atoms with Crippen LogP contribution in [0.4, 0.5) is 20.0 Å². The monoisotopic (exact) mass is 321 g/mol. The van der Waals surface area contributed by atoms with Gasteiger partial charge >= 0.3 is 6.03 Å². The Bertz CT molecular complexity index is 821. The molecular formula is C14H9ClFN3OS. The molecule has 0 atom stereocenters. The van der Waals surface area contributed by atoms with Crippen LogP contribution in [0.3, 0.4) is 0 Å². The third-order valence-corrected chi connectivity index (χ3v) is 3.95. The Labute approximate surface area is 128 Å². The van der Waals surface area contributed by atoms with E-state index in [1.807, 2.05) is 12.1 Å². The Balaban J connectivity index is 1.77. The molecule has 0 saturated carbocycles. The van der Waals surface area contributed by atoms with Crippen molar-refractivity contribution in [1.82, 2.24) is 4.98 Å². The summed E-state index contributed by atoms with van der Waals surface area (Å²) in [6.07, 6.45) is 0. The van der Waals surface area contributed by atoms with Gasteiger partial charge in [0.2, 0.25) is 0 Å². The first-order valence-corrected chi connectivity index (χ1v) is 7.20. The lowest BCUT2D eigenvalue weighted by molar-refractivity contribution is 0.262. The average molecular weight is 322 g/mol. The number of thiazole rings is 1. The third-order valence-electron chi connectivity index (χ3n) is 2.71. The maximum atomic E-state index is 13.4. The quantitative estimate of drug-likeness (QED) is 0.716. The molecule has 0 aliphatic carbocycles. The Hall–Kier alpha value is -2.18. The van der Waals surface area contributed by atoms with Gasteiger partial charge < -0.3 is 5.32 Å². The molecule has 2 aromatic carbocycles. The summed E-state index contributed by atoms with van der Waals surface area (Å²) in [5.74, 6) is -0.500. The molecule has 0 saturated heterocycles. The Kier molecular flexibility index (Phi) is 3.72. The van der Waals surface area contributed by atoms with Crippen LogP contribution in [0.25, 0.3) is 10.2 Å². The molecule has 1 heterocycles. The first-order chi connectivity index (χ1) is 10.1. The predicted molar refractivity (Wildman–Crippen MR) is 83.7 cm³/mol. The molecule has 0 aliphatic rings. The molecule has 2 N–H and O–H groups in total. The van der Waals surface area contributed by atoms with Gasteiger partial charge in [0, 0.05) is 0 Å². The van der Waals surface area contributed by atoms with Crippen LogP contribution in [-0.2, 0) is 0 Å². The van der Waals surface area contributed by atoms with E-state index in [0.717, 1.165) is 4.70 Å². The van der Waals surface area contributed by atoms with Crippen molar-refractivity contribution in [2.45, 2.75) is 0 Å². The number of rotatable bonds is 2. The highest BCUT2D eigenvalue weighted by Crippen LogP contribution is 2.30. The second-order valence-corrected chi connectivity index (χ2v) is 5.60. The summed E-state index contributed by atoms with van der Waals surface area (Å²) in [7, 11) is 0. The molecule has 0 spiro atoms. The molecule has 3 aromatic rings. The van der Waals surface area contributed by atoms with E-state index in [4.69, 9.17) is 11.6 Å². The molecule has 3 rings (SSSR count). The Morgan fingerprint density at radius 1 is 1.14 bits per heavy atom. The standard InChI is InChI=1S/C14H9ClFN3OS/c15-8-4-3-7-11-12(8)18-14(21-11)19-13(20)17-10-6-2-1-5-9(10)16/h1-7H,(H2,17,18,19,20). The van der Waals surface area contributed by atoms with Crippen molar-refractivity contribution in [1.29, 1.82) is 0 Å². The number of halogens is 2. The molecule has 0 fully saturated rings. The van der Waals surface area contributed by atoms with Crippen LogP contribution in [-0.4, -0.2) is 11.0 Å². The molecule has 0 unspecified atom stereocenters. The highest BCUT2D eigenvalue weighted by Gasteiger charge is 2.11. The number of nitrogens with zero attached hydrogens (tertiary/aromatic N) is 1. The lowest BCUT2D eigenvalue weighted by Gasteiger charge is -2.05. The highest BCUT2D eigenvalue weighted by molar-refractivity contribution is 7.22. The lowest BCUT2D eigenvalue weighted by atomic mass is 10.3. The van der Waals surface area contributed by atoms with Gasteiger partial charge in [0.15, 0.2) is 5.13 Å². The number of amides is 2. The van der Waals surface area contributed by atoms with Crippen LogP contribution < -0.4 is 10.6 Å². The van der Waals surface area contributed by atoms with Gasteiger partial charge in [0.25, 0.3) is 0 Å². The largest absolute Gasteiger partial charge is 0.325 e. The topological polar surface area (TPSA) is 54.0 Å². The van der Waals surface area contributed by atoms with Crippen molar-refractivity contribution in [3.63, 3.8) is 0 Å². The molecule has 0 radical (unpaired) electrons. The summed E-state index contributed by atoms with van der Waals surface area (Å²) in [5, 5.41) is 5.91. The van der Waals surface area contributed by atoms with E-state index >= 15 is 0 Å². The molecule has 106 valence electrons. The number of anilines is 2. The number of urea groups is 1. The van der Waals surface area contributed by atoms with Gasteiger partial charge in [-0.25, -0.2) is 14.2 Å². The second-order valence-electron chi connectivity index (χ2n) is 4.16. The van der Waals surface area contributed by atoms with Crippen molar-refractivity contribution in [2.75, 3.05) is 10.6 Å². The van der Waals surface area contributed by atoms with Gasteiger partial charge in [0.05, 0.1) is 15.4 Å². The highest BCUT2D eigenvalue weighted by atomic mass is 35.5. The summed E-state index contributed by atoms with van der Waals surface area (Å²) >= 11 is 7.32. The minimum atomic E-state index is -0.560. The fourth-order valence-electron chi connectivity index (χ4n) is 1.78. The van der Waals surface area contributed by atoms with Crippen molar-refractivity contribution < 1.29 is 9.18 Å². The minimum absolute atomic E-state index is 0.106. The molecular weight excluding hydrogens is 313 g/mol. The zero-order chi connectivity index (χ0) is 14.8. The fourth-order valence-corrected chi connectivity index (χ4v) is 2.94. The van der Waals surface area contributed by atoms with Crippen molar-refractivity contribution in [2.24, 2.45) is 0 Å². The van der Waals surface area contributed by atoms with Gasteiger partial charge in [-0.1, -0.05) is 41.1 Å². The number of hydrogen-bond donors (Lipinski definition) is 2. The minimum Gasteiger partial charge on any atom is -0.305 e. The maximum absolute atomic E-state index is 13.4. The van der Waals surface area contributed by atoms with E-state index in [0.29, 0.717) is 15.7 Å². The maximum Gasteiger partial charge on any atom is 0.325 e. The molecule has 1 aromatic heterocycles. The summed E-state index contributed by atoms with van der Waals surface area (Å²) in [5.41, 5.74) is 0.736. The Morgan fingerprint density at radius 3 is 2.71 bits per heavy atom. The molecule has 21 heavy (non-hydrogen) atoms. The van der Waals surface area contributed by atoms with Crippen LogP contribution in [0.2, 0.25) is 5.02 Å². The fraction of sp³-hybridized carbons (Fsp3) is 0. The number of para-hydroxylation sites is 2. The van der Waals surface area contributed by atoms with E-state index < -0.39 is 11.8 Å². The van der Waals surface area contributed by atoms with Crippen LogP contribution in [0.15, 0.2) is 42.5 Å². The molecule has 7 heteroatoms. The predicted octanol–water partition coefficient (Wildman–Crippen LogP) is 4.73. The number of hydrogen-bond acceptors (Lipinski definition) is 3. The van der Waals surface area contributed by atoms with E-state index in [1.54, 1.807) is 18.2 Å². The summed E-state index contributed by atoms with van der Waals surface area (Å²) < 4.78 is 14.3. The third kappa shape index (κ3) is 2.96. The van der Waals surface area contributed by atoms with Gasteiger partial charge in [-0.15, -0.1) is 0 Å². The van der Waals surface area contributed by atoms with E-state index in [-0.39, 0.29) is 5.69 Å². The van der Waals surface area contributed by atoms with E-state index in [9.17, 15) is 9.18 Å². The second kappa shape index (κ2) is 5.67. The number of carbonyl (C=O) groups is 1. The SMILES string of the molecule is O=C(Nc1nc2c(Cl)cccc2s1)Nc1ccccc1F. The lowest BCUT2D eigenvalue weighted by Crippen LogP contribution is -2.19. The summed E-state index contributed by atoms with van der Waals surface area (Å²) in [6.45, 7) is 0. The summed E-state index contributed by atoms with van der Waals surface area (Å²) in [4.78, 5) is 16.1. The number of fused-ring (bicyclic) bond motifs is 1. The number of nitrogens with one attached hydrogen (secondary N) is 2. The van der Waals surface area contributed by atoms with E-state index in [2.05, 4.69) is 15.6 Å². The van der Waals surface area contributed by atoms with Gasteiger partial charge in [0.1, 0.15) is 11.3 Å². The summed E-state index contributed by atoms with van der Waals surface area (Å²) in [6, 6.07) is 10.8. The van der Waals surface area contributed by atoms with Gasteiger partial charge in [-0.2, -0.15) is 0 Å². The Morgan fingerprint density at radius 2 is 1.95 bits per heavy atom. The number of benzene rings is 2. The van der Waals surface area contributed by atoms with Crippen LogP contribution in [0.1, 0.15) is 0 Å². The van der Waals surface area contributed by atoms with Gasteiger partial charge in [-0.3, -0.25) is 5.32 Å². The smallest absolute Gasteiger partial charge is 0.305 e. The first kappa shape index (κ1) is 13.8. The van der Waals surface area contributed by atoms with Crippen LogP contribution >= 0.6 is 22.9 Å². The van der Waals surface area contributed by atoms with Crippen molar-refractivity contribution >= 4 is 50.0 Å². The van der Waals surface area contributed by atoms with Crippen LogP contribution in [0.5, 0.6) is 0 Å². The van der Waals surface area contributed by atoms with Crippen LogP contribution in [0, 0.1) is 5.82 Å². The van der Waals surface area contributed by atoms with Gasteiger partial charge in [-0.05, 0) is 24.3 Å². The number of carbonyl (C=O) groups excluding carboxylic acids is 1. The molecule has 0 aliphatic heterocycles. The number of aromatic nitrogens is 1. The van der Waals surface area contributed by atoms with Crippen molar-refractivity contribution in [3.8, 4) is 0 Å². The normalized spacial score (nSPS) is 10.6. The molecule has 2 amide bonds. The average Bonchev–Trinajstić information content (AvgIpc) is 2.85. The molecule has 4 nitrogen and oxygen atoms in total. The van der Waals surface area contributed by atoms with Crippen molar-refractivity contribution in [3.05, 3.63) is 53.3 Å². The molecule has 0 bridgehead atoms.